The average molecular weight is 293 g/mol. The SMILES string of the molecule is CCNC(c1ccccc1OC)C1(OCC)CCOCC1. The van der Waals surface area contributed by atoms with Crippen molar-refractivity contribution in [3.8, 4) is 5.75 Å². The summed E-state index contributed by atoms with van der Waals surface area (Å²) in [5, 5.41) is 3.61. The van der Waals surface area contributed by atoms with E-state index in [2.05, 4.69) is 31.3 Å². The number of methoxy groups -OCH3 is 1. The number of hydrogen-bond donors (Lipinski definition) is 1. The fourth-order valence-corrected chi connectivity index (χ4v) is 3.21. The predicted octanol–water partition coefficient (Wildman–Crippen LogP) is 2.93. The molecule has 1 aromatic rings. The standard InChI is InChI=1S/C17H27NO3/c1-4-18-16(14-8-6-7-9-15(14)19-3)17(21-5-2)10-12-20-13-11-17/h6-9,16,18H,4-5,10-13H2,1-3H3. The van der Waals surface area contributed by atoms with E-state index in [0.717, 1.165) is 43.9 Å². The van der Waals surface area contributed by atoms with E-state index in [0.29, 0.717) is 6.61 Å². The van der Waals surface area contributed by atoms with Crippen LogP contribution in [0.25, 0.3) is 0 Å². The third-order valence-corrected chi connectivity index (χ3v) is 4.16. The molecule has 0 aliphatic carbocycles. The van der Waals surface area contributed by atoms with E-state index in [1.54, 1.807) is 7.11 Å². The summed E-state index contributed by atoms with van der Waals surface area (Å²) >= 11 is 0. The lowest BCUT2D eigenvalue weighted by Crippen LogP contribution is -2.50. The van der Waals surface area contributed by atoms with E-state index in [9.17, 15) is 0 Å². The monoisotopic (exact) mass is 293 g/mol. The molecular formula is C17H27NO3. The predicted molar refractivity (Wildman–Crippen MR) is 83.8 cm³/mol. The molecule has 1 atom stereocenters. The summed E-state index contributed by atoms with van der Waals surface area (Å²) in [4.78, 5) is 0. The van der Waals surface area contributed by atoms with Gasteiger partial charge in [0, 0.05) is 38.2 Å². The van der Waals surface area contributed by atoms with Gasteiger partial charge in [-0.15, -0.1) is 0 Å². The minimum atomic E-state index is -0.225. The highest BCUT2D eigenvalue weighted by Crippen LogP contribution is 2.40. The van der Waals surface area contributed by atoms with Crippen molar-refractivity contribution in [2.24, 2.45) is 0 Å². The molecule has 4 nitrogen and oxygen atoms in total. The summed E-state index contributed by atoms with van der Waals surface area (Å²) in [6.45, 7) is 7.27. The molecule has 1 aliphatic rings. The molecule has 1 fully saturated rings. The van der Waals surface area contributed by atoms with Crippen molar-refractivity contribution in [1.82, 2.24) is 5.32 Å². The van der Waals surface area contributed by atoms with Gasteiger partial charge in [-0.05, 0) is 19.5 Å². The van der Waals surface area contributed by atoms with Gasteiger partial charge in [-0.2, -0.15) is 0 Å². The van der Waals surface area contributed by atoms with Crippen molar-refractivity contribution in [1.29, 1.82) is 0 Å². The number of hydrogen-bond acceptors (Lipinski definition) is 4. The summed E-state index contributed by atoms with van der Waals surface area (Å²) in [6, 6.07) is 8.31. The number of benzene rings is 1. The molecule has 118 valence electrons. The highest BCUT2D eigenvalue weighted by atomic mass is 16.5. The first-order chi connectivity index (χ1) is 10.3. The van der Waals surface area contributed by atoms with Gasteiger partial charge in [0.05, 0.1) is 18.8 Å². The largest absolute Gasteiger partial charge is 0.496 e. The molecule has 1 heterocycles. The minimum absolute atomic E-state index is 0.113. The van der Waals surface area contributed by atoms with Crippen LogP contribution in [0.5, 0.6) is 5.75 Å². The maximum absolute atomic E-state index is 6.24. The third kappa shape index (κ3) is 3.57. The highest BCUT2D eigenvalue weighted by molar-refractivity contribution is 5.37. The lowest BCUT2D eigenvalue weighted by molar-refractivity contribution is -0.128. The Morgan fingerprint density at radius 2 is 1.95 bits per heavy atom. The Kier molecular flexibility index (Phi) is 6.03. The Morgan fingerprint density at radius 1 is 1.24 bits per heavy atom. The molecule has 2 rings (SSSR count). The lowest BCUT2D eigenvalue weighted by atomic mass is 9.81. The summed E-state index contributed by atoms with van der Waals surface area (Å²) in [6.07, 6.45) is 1.80. The van der Waals surface area contributed by atoms with E-state index in [-0.39, 0.29) is 11.6 Å². The Bertz CT molecular complexity index is 424. The van der Waals surface area contributed by atoms with Crippen LogP contribution in [0.4, 0.5) is 0 Å². The third-order valence-electron chi connectivity index (χ3n) is 4.16. The first-order valence-electron chi connectivity index (χ1n) is 7.85. The number of ether oxygens (including phenoxy) is 3. The van der Waals surface area contributed by atoms with Crippen LogP contribution in [0.15, 0.2) is 24.3 Å². The van der Waals surface area contributed by atoms with Gasteiger partial charge in [0.25, 0.3) is 0 Å². The topological polar surface area (TPSA) is 39.7 Å². The van der Waals surface area contributed by atoms with Crippen molar-refractivity contribution in [2.45, 2.75) is 38.3 Å². The zero-order chi connectivity index (χ0) is 15.1. The molecule has 0 spiro atoms. The number of nitrogens with one attached hydrogen (secondary N) is 1. The molecule has 0 amide bonds. The Labute approximate surface area is 127 Å². The molecule has 1 N–H and O–H groups in total. The molecule has 21 heavy (non-hydrogen) atoms. The fraction of sp³-hybridized carbons (Fsp3) is 0.647. The Morgan fingerprint density at radius 3 is 2.57 bits per heavy atom. The van der Waals surface area contributed by atoms with Gasteiger partial charge in [0.15, 0.2) is 0 Å². The molecule has 0 aromatic heterocycles. The van der Waals surface area contributed by atoms with Crippen LogP contribution in [0.1, 0.15) is 38.3 Å². The van der Waals surface area contributed by atoms with E-state index in [1.165, 1.54) is 0 Å². The Balaban J connectivity index is 2.39. The molecule has 1 saturated heterocycles. The van der Waals surface area contributed by atoms with Crippen LogP contribution >= 0.6 is 0 Å². The summed E-state index contributed by atoms with van der Waals surface area (Å²) in [5.74, 6) is 0.911. The smallest absolute Gasteiger partial charge is 0.123 e. The molecule has 0 bridgehead atoms. The van der Waals surface area contributed by atoms with E-state index in [4.69, 9.17) is 14.2 Å². The van der Waals surface area contributed by atoms with Crippen molar-refractivity contribution in [3.05, 3.63) is 29.8 Å². The quantitative estimate of drug-likeness (QED) is 0.839. The molecule has 1 unspecified atom stereocenters. The summed E-state index contributed by atoms with van der Waals surface area (Å²) in [5.41, 5.74) is 0.940. The van der Waals surface area contributed by atoms with E-state index in [1.807, 2.05) is 12.1 Å². The second kappa shape index (κ2) is 7.78. The van der Waals surface area contributed by atoms with Crippen molar-refractivity contribution in [2.75, 3.05) is 33.5 Å². The second-order valence-electron chi connectivity index (χ2n) is 5.34. The molecule has 0 saturated carbocycles. The second-order valence-corrected chi connectivity index (χ2v) is 5.34. The van der Waals surface area contributed by atoms with Crippen LogP contribution < -0.4 is 10.1 Å². The molecule has 1 aliphatic heterocycles. The van der Waals surface area contributed by atoms with Gasteiger partial charge < -0.3 is 19.5 Å². The van der Waals surface area contributed by atoms with Crippen molar-refractivity contribution < 1.29 is 14.2 Å². The van der Waals surface area contributed by atoms with Gasteiger partial charge in [0.1, 0.15) is 5.75 Å². The van der Waals surface area contributed by atoms with Gasteiger partial charge >= 0.3 is 0 Å². The van der Waals surface area contributed by atoms with Crippen LogP contribution in [-0.2, 0) is 9.47 Å². The van der Waals surface area contributed by atoms with Gasteiger partial charge in [-0.25, -0.2) is 0 Å². The lowest BCUT2D eigenvalue weighted by Gasteiger charge is -2.44. The molecule has 1 aromatic carbocycles. The maximum Gasteiger partial charge on any atom is 0.123 e. The van der Waals surface area contributed by atoms with E-state index < -0.39 is 0 Å². The van der Waals surface area contributed by atoms with Gasteiger partial charge in [0.2, 0.25) is 0 Å². The Hall–Kier alpha value is -1.10. The fourth-order valence-electron chi connectivity index (χ4n) is 3.21. The average Bonchev–Trinajstić information content (AvgIpc) is 2.53. The number of rotatable bonds is 7. The number of para-hydroxylation sites is 1. The normalized spacial score (nSPS) is 19.2. The maximum atomic E-state index is 6.24. The van der Waals surface area contributed by atoms with Gasteiger partial charge in [-0.1, -0.05) is 25.1 Å². The molecule has 0 radical (unpaired) electrons. The summed E-state index contributed by atoms with van der Waals surface area (Å²) < 4.78 is 17.4. The summed E-state index contributed by atoms with van der Waals surface area (Å²) in [7, 11) is 1.72. The van der Waals surface area contributed by atoms with Crippen LogP contribution in [0.3, 0.4) is 0 Å². The zero-order valence-electron chi connectivity index (χ0n) is 13.4. The van der Waals surface area contributed by atoms with Crippen LogP contribution in [0, 0.1) is 0 Å². The first kappa shape index (κ1) is 16.3. The zero-order valence-corrected chi connectivity index (χ0v) is 13.4. The molecular weight excluding hydrogens is 266 g/mol. The highest BCUT2D eigenvalue weighted by Gasteiger charge is 2.42. The first-order valence-corrected chi connectivity index (χ1v) is 7.85. The van der Waals surface area contributed by atoms with E-state index >= 15 is 0 Å². The van der Waals surface area contributed by atoms with Crippen molar-refractivity contribution >= 4 is 0 Å². The van der Waals surface area contributed by atoms with Crippen LogP contribution in [-0.4, -0.2) is 39.1 Å². The van der Waals surface area contributed by atoms with Gasteiger partial charge in [-0.3, -0.25) is 0 Å². The molecule has 4 heteroatoms. The minimum Gasteiger partial charge on any atom is -0.496 e. The van der Waals surface area contributed by atoms with Crippen LogP contribution in [0.2, 0.25) is 0 Å². The number of likely N-dealkylation sites (N-methyl/N-ethyl adjacent to an activating group) is 1. The van der Waals surface area contributed by atoms with Crippen molar-refractivity contribution in [3.63, 3.8) is 0 Å².